The van der Waals surface area contributed by atoms with Gasteiger partial charge in [0, 0.05) is 23.3 Å². The zero-order valence-corrected chi connectivity index (χ0v) is 26.9. The van der Waals surface area contributed by atoms with Crippen LogP contribution in [0.4, 0.5) is 5.69 Å². The molecule has 0 aliphatic heterocycles. The van der Waals surface area contributed by atoms with Crippen molar-refractivity contribution in [3.63, 3.8) is 0 Å². The Morgan fingerprint density at radius 3 is 1.12 bits per heavy atom. The number of hydrogen-bond donors (Lipinski definition) is 0. The van der Waals surface area contributed by atoms with Gasteiger partial charge in [-0.2, -0.15) is 0 Å². The first kappa shape index (κ1) is 31.4. The Balaban J connectivity index is 1.97. The minimum Gasteiger partial charge on any atom is -0.496 e. The van der Waals surface area contributed by atoms with E-state index in [1.807, 2.05) is 0 Å². The molecule has 1 aliphatic carbocycles. The van der Waals surface area contributed by atoms with Gasteiger partial charge in [-0.1, -0.05) is 65.8 Å². The van der Waals surface area contributed by atoms with Gasteiger partial charge >= 0.3 is 0 Å². The van der Waals surface area contributed by atoms with Gasteiger partial charge in [-0.15, -0.1) is 0 Å². The van der Waals surface area contributed by atoms with Crippen LogP contribution in [0.2, 0.25) is 0 Å². The van der Waals surface area contributed by atoms with E-state index >= 15 is 0 Å². The smallest absolute Gasteiger partial charge is 0.270 e. The number of nitro benzene ring substituents is 1. The van der Waals surface area contributed by atoms with Gasteiger partial charge in [0.05, 0.1) is 26.3 Å². The third kappa shape index (κ3) is 6.74. The summed E-state index contributed by atoms with van der Waals surface area (Å²) in [6.45, 7) is 13.4. The van der Waals surface area contributed by atoms with Gasteiger partial charge in [-0.3, -0.25) is 10.1 Å². The number of nitrogens with zero attached hydrogens (tertiary/aromatic N) is 1. The van der Waals surface area contributed by atoms with Crippen LogP contribution in [-0.2, 0) is 49.4 Å². The van der Waals surface area contributed by atoms with Crippen molar-refractivity contribution in [2.45, 2.75) is 97.3 Å². The van der Waals surface area contributed by atoms with Crippen molar-refractivity contribution in [1.82, 2.24) is 0 Å². The van der Waals surface area contributed by atoms with Crippen molar-refractivity contribution >= 4 is 5.69 Å². The minimum atomic E-state index is -0.300. The van der Waals surface area contributed by atoms with Crippen molar-refractivity contribution in [2.75, 3.05) is 21.3 Å². The van der Waals surface area contributed by atoms with Crippen molar-refractivity contribution in [1.29, 1.82) is 0 Å². The Kier molecular flexibility index (Phi) is 9.24. The molecule has 0 amide bonds. The van der Waals surface area contributed by atoms with E-state index in [9.17, 15) is 10.1 Å². The van der Waals surface area contributed by atoms with Crippen LogP contribution in [0.25, 0.3) is 0 Å². The molecule has 0 saturated heterocycles. The monoisotopic (exact) mass is 573 g/mol. The summed E-state index contributed by atoms with van der Waals surface area (Å²) in [7, 11) is 5.15. The van der Waals surface area contributed by atoms with Gasteiger partial charge < -0.3 is 14.2 Å². The summed E-state index contributed by atoms with van der Waals surface area (Å²) in [5, 5.41) is 12.0. The average molecular weight is 574 g/mol. The lowest BCUT2D eigenvalue weighted by atomic mass is 9.81. The van der Waals surface area contributed by atoms with Crippen molar-refractivity contribution in [2.24, 2.45) is 0 Å². The molecule has 226 valence electrons. The predicted octanol–water partition coefficient (Wildman–Crippen LogP) is 8.27. The van der Waals surface area contributed by atoms with Crippen LogP contribution in [0.3, 0.4) is 0 Å². The van der Waals surface area contributed by atoms with Crippen molar-refractivity contribution in [3.05, 3.63) is 91.0 Å². The highest BCUT2D eigenvalue weighted by atomic mass is 16.6. The Morgan fingerprint density at radius 1 is 0.548 bits per heavy atom. The number of fused-ring (bicyclic) bond motifs is 6. The molecule has 0 radical (unpaired) electrons. The lowest BCUT2D eigenvalue weighted by molar-refractivity contribution is -0.385. The van der Waals surface area contributed by atoms with E-state index < -0.39 is 0 Å². The van der Waals surface area contributed by atoms with Gasteiger partial charge in [-0.05, 0) is 89.2 Å². The number of ether oxygens (including phenoxy) is 3. The predicted molar refractivity (Wildman–Crippen MR) is 170 cm³/mol. The van der Waals surface area contributed by atoms with E-state index in [4.69, 9.17) is 14.2 Å². The van der Waals surface area contributed by atoms with Gasteiger partial charge in [0.2, 0.25) is 0 Å². The highest BCUT2D eigenvalue weighted by Crippen LogP contribution is 2.38. The topological polar surface area (TPSA) is 70.8 Å². The number of non-ortho nitro benzene ring substituents is 1. The molecule has 0 spiro atoms. The summed E-state index contributed by atoms with van der Waals surface area (Å²) in [6, 6.07) is 12.5. The lowest BCUT2D eigenvalue weighted by Crippen LogP contribution is -2.15. The fourth-order valence-corrected chi connectivity index (χ4v) is 6.12. The van der Waals surface area contributed by atoms with Gasteiger partial charge in [0.1, 0.15) is 17.2 Å². The molecular formula is C36H47NO5. The highest BCUT2D eigenvalue weighted by molar-refractivity contribution is 5.53. The first-order valence-electron chi connectivity index (χ1n) is 15.0. The summed E-state index contributed by atoms with van der Waals surface area (Å²) < 4.78 is 18.1. The van der Waals surface area contributed by atoms with Crippen molar-refractivity contribution in [3.8, 4) is 17.2 Å². The molecule has 6 nitrogen and oxygen atoms in total. The molecule has 3 aromatic rings. The van der Waals surface area contributed by atoms with Crippen LogP contribution in [0.1, 0.15) is 92.5 Å². The van der Waals surface area contributed by atoms with E-state index in [0.29, 0.717) is 19.3 Å². The fourth-order valence-electron chi connectivity index (χ4n) is 6.12. The fraction of sp³-hybridized carbons (Fsp3) is 0.500. The Labute approximate surface area is 251 Å². The molecule has 3 aromatic carbocycles. The van der Waals surface area contributed by atoms with Gasteiger partial charge in [-0.25, -0.2) is 0 Å². The molecule has 6 bridgehead atoms. The maximum Gasteiger partial charge on any atom is 0.270 e. The zero-order chi connectivity index (χ0) is 30.8. The minimum absolute atomic E-state index is 0.0220. The maximum absolute atomic E-state index is 12.0. The first-order chi connectivity index (χ1) is 19.8. The molecule has 42 heavy (non-hydrogen) atoms. The molecule has 1 aliphatic rings. The second-order valence-corrected chi connectivity index (χ2v) is 13.6. The number of aryl methyl sites for hydroxylation is 6. The van der Waals surface area contributed by atoms with Crippen LogP contribution in [-0.4, -0.2) is 26.3 Å². The standard InChI is InChI=1S/C36H47NO5/c1-35(2,3)29-17-23-11-10-12-24-21-31(37(38)39)22-28(33(24)41-8)16-15-27-20-30(36(4,5)6)19-26(34(27)42-9)14-13-25(18-29)32(23)40-7/h17-22H,10-16H2,1-9H3. The molecular weight excluding hydrogens is 526 g/mol. The molecule has 6 heteroatoms. The van der Waals surface area contributed by atoms with Gasteiger partial charge in [0.25, 0.3) is 5.69 Å². The van der Waals surface area contributed by atoms with Crippen molar-refractivity contribution < 1.29 is 19.1 Å². The summed E-state index contributed by atoms with van der Waals surface area (Å²) in [6.07, 6.45) is 5.24. The second kappa shape index (κ2) is 12.4. The molecule has 0 fully saturated rings. The largest absolute Gasteiger partial charge is 0.496 e. The Hall–Kier alpha value is -3.54. The molecule has 0 atom stereocenters. The van der Waals surface area contributed by atoms with E-state index in [1.54, 1.807) is 33.5 Å². The zero-order valence-electron chi connectivity index (χ0n) is 26.9. The Bertz CT molecular complexity index is 1460. The molecule has 0 N–H and O–H groups in total. The van der Waals surface area contributed by atoms with E-state index in [2.05, 4.69) is 65.8 Å². The highest BCUT2D eigenvalue weighted by Gasteiger charge is 2.24. The molecule has 4 rings (SSSR count). The summed E-state index contributed by atoms with van der Waals surface area (Å²) in [4.78, 5) is 11.7. The number of benzene rings is 3. The SMILES string of the molecule is COc1c2cc([N+](=O)[O-])cc1CCc1cc(C(C)(C)C)cc(c1OC)CCc1cc(C(C)(C)C)cc(c1OC)CCC2. The summed E-state index contributed by atoms with van der Waals surface area (Å²) in [5.41, 5.74) is 8.94. The lowest BCUT2D eigenvalue weighted by Gasteiger charge is -2.26. The van der Waals surface area contributed by atoms with Crippen LogP contribution < -0.4 is 14.2 Å². The summed E-state index contributed by atoms with van der Waals surface area (Å²) >= 11 is 0. The van der Waals surface area contributed by atoms with Crippen LogP contribution in [0, 0.1) is 10.1 Å². The van der Waals surface area contributed by atoms with E-state index in [0.717, 1.165) is 59.6 Å². The number of rotatable bonds is 4. The first-order valence-corrected chi connectivity index (χ1v) is 15.0. The van der Waals surface area contributed by atoms with E-state index in [1.165, 1.54) is 27.8 Å². The quantitative estimate of drug-likeness (QED) is 0.232. The van der Waals surface area contributed by atoms with Gasteiger partial charge in [0.15, 0.2) is 0 Å². The number of hydrogen-bond acceptors (Lipinski definition) is 5. The Morgan fingerprint density at radius 2 is 0.833 bits per heavy atom. The summed E-state index contributed by atoms with van der Waals surface area (Å²) in [5.74, 6) is 2.58. The number of nitro groups is 1. The molecule has 0 aromatic heterocycles. The molecule has 0 heterocycles. The maximum atomic E-state index is 12.0. The average Bonchev–Trinajstić information content (AvgIpc) is 2.92. The van der Waals surface area contributed by atoms with Crippen LogP contribution in [0.5, 0.6) is 17.2 Å². The van der Waals surface area contributed by atoms with E-state index in [-0.39, 0.29) is 21.4 Å². The molecule has 0 saturated carbocycles. The third-order valence-corrected chi connectivity index (χ3v) is 8.49. The van der Waals surface area contributed by atoms with Crippen LogP contribution >= 0.6 is 0 Å². The third-order valence-electron chi connectivity index (χ3n) is 8.49. The second-order valence-electron chi connectivity index (χ2n) is 13.6. The van der Waals surface area contributed by atoms with Crippen LogP contribution in [0.15, 0.2) is 36.4 Å². The normalized spacial score (nSPS) is 14.3. The number of methoxy groups -OCH3 is 3. The molecule has 0 unspecified atom stereocenters.